The zero-order chi connectivity index (χ0) is 17.8. The van der Waals surface area contributed by atoms with E-state index < -0.39 is 0 Å². The number of amides is 1. The summed E-state index contributed by atoms with van der Waals surface area (Å²) >= 11 is 0. The van der Waals surface area contributed by atoms with Gasteiger partial charge in [-0.25, -0.2) is 4.98 Å². The van der Waals surface area contributed by atoms with Crippen LogP contribution in [0.1, 0.15) is 34.5 Å². The molecule has 0 saturated carbocycles. The Balaban J connectivity index is 1.45. The molecule has 3 aromatic rings. The number of likely N-dealkylation sites (tertiary alicyclic amines) is 1. The van der Waals surface area contributed by atoms with Crippen LogP contribution >= 0.6 is 0 Å². The number of benzene rings is 2. The molecule has 1 saturated heterocycles. The fourth-order valence-electron chi connectivity index (χ4n) is 3.56. The quantitative estimate of drug-likeness (QED) is 0.739. The third-order valence-corrected chi connectivity index (χ3v) is 4.99. The van der Waals surface area contributed by atoms with Gasteiger partial charge in [-0.1, -0.05) is 36.4 Å². The topological polar surface area (TPSA) is 59.3 Å². The van der Waals surface area contributed by atoms with Crippen LogP contribution < -0.4 is 10.2 Å². The Morgan fingerprint density at radius 3 is 2.46 bits per heavy atom. The highest BCUT2D eigenvalue weighted by molar-refractivity contribution is 5.93. The molecule has 132 valence electrons. The Labute approximate surface area is 153 Å². The Morgan fingerprint density at radius 1 is 0.962 bits per heavy atom. The lowest BCUT2D eigenvalue weighted by Crippen LogP contribution is -3.08. The van der Waals surface area contributed by atoms with Gasteiger partial charge in [0.05, 0.1) is 30.3 Å². The highest BCUT2D eigenvalue weighted by atomic mass is 16.1. The molecule has 0 aliphatic carbocycles. The molecule has 5 heteroatoms. The normalized spacial score (nSPS) is 14.6. The van der Waals surface area contributed by atoms with E-state index in [1.807, 2.05) is 30.3 Å². The van der Waals surface area contributed by atoms with Crippen LogP contribution in [0.25, 0.3) is 11.0 Å². The molecule has 1 amide bonds. The van der Waals surface area contributed by atoms with E-state index in [9.17, 15) is 4.79 Å². The van der Waals surface area contributed by atoms with Crippen molar-refractivity contribution in [1.29, 1.82) is 0 Å². The van der Waals surface area contributed by atoms with Gasteiger partial charge >= 0.3 is 0 Å². The fourth-order valence-corrected chi connectivity index (χ4v) is 3.56. The molecule has 0 atom stereocenters. The van der Waals surface area contributed by atoms with Crippen molar-refractivity contribution in [2.24, 2.45) is 0 Å². The molecule has 0 unspecified atom stereocenters. The van der Waals surface area contributed by atoms with Crippen LogP contribution in [0.4, 0.5) is 0 Å². The molecule has 5 nitrogen and oxygen atoms in total. The first-order chi connectivity index (χ1) is 12.8. The van der Waals surface area contributed by atoms with E-state index in [4.69, 9.17) is 0 Å². The fraction of sp³-hybridized carbons (Fsp3) is 0.286. The molecule has 0 bridgehead atoms. The molecule has 0 radical (unpaired) electrons. The summed E-state index contributed by atoms with van der Waals surface area (Å²) in [7, 11) is 0. The van der Waals surface area contributed by atoms with Crippen LogP contribution in [0.15, 0.2) is 54.7 Å². The van der Waals surface area contributed by atoms with Crippen molar-refractivity contribution in [3.05, 3.63) is 71.5 Å². The van der Waals surface area contributed by atoms with Gasteiger partial charge in [-0.2, -0.15) is 0 Å². The van der Waals surface area contributed by atoms with Gasteiger partial charge in [-0.3, -0.25) is 9.78 Å². The van der Waals surface area contributed by atoms with Crippen molar-refractivity contribution in [1.82, 2.24) is 15.3 Å². The lowest BCUT2D eigenvalue weighted by atomic mass is 10.1. The second-order valence-electron chi connectivity index (χ2n) is 6.83. The second-order valence-corrected chi connectivity index (χ2v) is 6.83. The number of fused-ring (bicyclic) bond motifs is 1. The van der Waals surface area contributed by atoms with Gasteiger partial charge in [-0.05, 0) is 17.7 Å². The maximum atomic E-state index is 12.5. The van der Waals surface area contributed by atoms with E-state index in [1.54, 1.807) is 4.90 Å². The smallest absolute Gasteiger partial charge is 0.271 e. The van der Waals surface area contributed by atoms with Crippen LogP contribution in [0.3, 0.4) is 0 Å². The summed E-state index contributed by atoms with van der Waals surface area (Å²) < 4.78 is 0. The summed E-state index contributed by atoms with van der Waals surface area (Å²) in [5.41, 5.74) is 4.37. The highest BCUT2D eigenvalue weighted by Crippen LogP contribution is 2.10. The third kappa shape index (κ3) is 3.73. The summed E-state index contributed by atoms with van der Waals surface area (Å²) in [5.74, 6) is -0.188. The average molecular weight is 347 g/mol. The number of hydrogen-bond donors (Lipinski definition) is 2. The number of carbonyl (C=O) groups excluding carboxylic acids is 1. The summed E-state index contributed by atoms with van der Waals surface area (Å²) in [6, 6.07) is 15.9. The molecule has 4 rings (SSSR count). The van der Waals surface area contributed by atoms with Crippen LogP contribution in [-0.4, -0.2) is 29.0 Å². The van der Waals surface area contributed by atoms with Crippen molar-refractivity contribution in [2.45, 2.75) is 25.9 Å². The maximum absolute atomic E-state index is 12.5. The van der Waals surface area contributed by atoms with Crippen LogP contribution in [0.2, 0.25) is 0 Å². The maximum Gasteiger partial charge on any atom is 0.271 e. The number of quaternary nitrogens is 1. The molecule has 1 aliphatic heterocycles. The van der Waals surface area contributed by atoms with Crippen molar-refractivity contribution < 1.29 is 9.69 Å². The minimum Gasteiger partial charge on any atom is -0.347 e. The Morgan fingerprint density at radius 2 is 1.65 bits per heavy atom. The van der Waals surface area contributed by atoms with E-state index in [2.05, 4.69) is 33.5 Å². The Bertz CT molecular complexity index is 919. The van der Waals surface area contributed by atoms with E-state index in [0.29, 0.717) is 12.2 Å². The first-order valence-electron chi connectivity index (χ1n) is 9.20. The number of nitrogens with one attached hydrogen (secondary N) is 2. The molecular formula is C21H23N4O+. The molecule has 1 aliphatic rings. The highest BCUT2D eigenvalue weighted by Gasteiger charge is 2.17. The zero-order valence-corrected chi connectivity index (χ0v) is 14.7. The van der Waals surface area contributed by atoms with Crippen molar-refractivity contribution in [3.8, 4) is 0 Å². The van der Waals surface area contributed by atoms with Crippen molar-refractivity contribution in [3.63, 3.8) is 0 Å². The number of aromatic nitrogens is 2. The van der Waals surface area contributed by atoms with Crippen LogP contribution in [0, 0.1) is 0 Å². The molecule has 2 aromatic carbocycles. The predicted octanol–water partition coefficient (Wildman–Crippen LogP) is 1.74. The number of carbonyl (C=O) groups is 1. The minimum absolute atomic E-state index is 0.188. The SMILES string of the molecule is O=C(NCc1ccccc1C[NH+]1CCCC1)c1cnc2ccccc2n1. The molecule has 2 heterocycles. The van der Waals surface area contributed by atoms with Crippen molar-refractivity contribution >= 4 is 16.9 Å². The molecule has 1 fully saturated rings. The largest absolute Gasteiger partial charge is 0.347 e. The standard InChI is InChI=1S/C21H22N4O/c26-21(20-14-22-18-9-3-4-10-19(18)24-20)23-13-16-7-1-2-8-17(16)15-25-11-5-6-12-25/h1-4,7-10,14H,5-6,11-13,15H2,(H,23,26)/p+1. The summed E-state index contributed by atoms with van der Waals surface area (Å²) in [4.78, 5) is 22.9. The molecule has 26 heavy (non-hydrogen) atoms. The molecule has 2 N–H and O–H groups in total. The van der Waals surface area contributed by atoms with Gasteiger partial charge in [-0.15, -0.1) is 0 Å². The first kappa shape index (κ1) is 16.7. The van der Waals surface area contributed by atoms with Crippen LogP contribution in [0.5, 0.6) is 0 Å². The number of rotatable bonds is 5. The average Bonchev–Trinajstić information content (AvgIpc) is 3.20. The minimum atomic E-state index is -0.188. The lowest BCUT2D eigenvalue weighted by Gasteiger charge is -2.15. The van der Waals surface area contributed by atoms with Gasteiger partial charge in [0.2, 0.25) is 0 Å². The van der Waals surface area contributed by atoms with Gasteiger partial charge in [0.1, 0.15) is 12.2 Å². The number of hydrogen-bond acceptors (Lipinski definition) is 3. The number of nitrogens with zero attached hydrogens (tertiary/aromatic N) is 2. The van der Waals surface area contributed by atoms with Gasteiger partial charge in [0, 0.05) is 24.9 Å². The second kappa shape index (κ2) is 7.62. The Hall–Kier alpha value is -2.79. The number of para-hydroxylation sites is 2. The monoisotopic (exact) mass is 347 g/mol. The summed E-state index contributed by atoms with van der Waals surface area (Å²) in [6.45, 7) is 4.03. The molecule has 0 spiro atoms. The summed E-state index contributed by atoms with van der Waals surface area (Å²) in [5, 5.41) is 2.99. The third-order valence-electron chi connectivity index (χ3n) is 4.99. The van der Waals surface area contributed by atoms with E-state index in [-0.39, 0.29) is 5.91 Å². The van der Waals surface area contributed by atoms with E-state index in [1.165, 1.54) is 43.3 Å². The van der Waals surface area contributed by atoms with E-state index >= 15 is 0 Å². The Kier molecular flexibility index (Phi) is 4.88. The lowest BCUT2D eigenvalue weighted by molar-refractivity contribution is -0.901. The van der Waals surface area contributed by atoms with Gasteiger partial charge in [0.25, 0.3) is 5.91 Å². The van der Waals surface area contributed by atoms with Crippen molar-refractivity contribution in [2.75, 3.05) is 13.1 Å². The van der Waals surface area contributed by atoms with Gasteiger partial charge in [0.15, 0.2) is 0 Å². The predicted molar refractivity (Wildman–Crippen MR) is 101 cm³/mol. The zero-order valence-electron chi connectivity index (χ0n) is 14.7. The van der Waals surface area contributed by atoms with Gasteiger partial charge < -0.3 is 10.2 Å². The summed E-state index contributed by atoms with van der Waals surface area (Å²) in [6.07, 6.45) is 4.17. The molecule has 1 aromatic heterocycles. The van der Waals surface area contributed by atoms with E-state index in [0.717, 1.165) is 17.6 Å². The van der Waals surface area contributed by atoms with Crippen LogP contribution in [-0.2, 0) is 13.1 Å². The first-order valence-corrected chi connectivity index (χ1v) is 9.20. The molecular weight excluding hydrogens is 324 g/mol.